The van der Waals surface area contributed by atoms with Crippen LogP contribution in [0.4, 0.5) is 17.1 Å². The monoisotopic (exact) mass is 721 g/mol. The standard InChI is InChI=1S/C56H35N/c1-2-13-38(14-3-1)45-19-6-7-25-51(45)57(44-32-30-37(31-33-44)42-29-26-36-12-4-5-15-41(36)34-42)52-35-43-18-10-22-47-46-20-8-16-39-27-28-40-17-9-21-48(54(40)53(39)46)49-23-11-24-50(52)56(49)55(43)47/h1-35H. The maximum absolute atomic E-state index is 2.49. The number of rotatable bonds is 5. The third-order valence-corrected chi connectivity index (χ3v) is 12.1. The van der Waals surface area contributed by atoms with Crippen LogP contribution in [-0.4, -0.2) is 0 Å². The van der Waals surface area contributed by atoms with Crippen LogP contribution in [0, 0.1) is 0 Å². The molecule has 0 atom stereocenters. The molecule has 12 aromatic carbocycles. The molecular formula is C56H35N. The molecular weight excluding hydrogens is 687 g/mol. The molecule has 0 bridgehead atoms. The largest absolute Gasteiger partial charge is 0.309 e. The van der Waals surface area contributed by atoms with E-state index in [1.165, 1.54) is 97.7 Å². The normalized spacial score (nSPS) is 11.9. The lowest BCUT2D eigenvalue weighted by atomic mass is 9.87. The number of hydrogen-bond donors (Lipinski definition) is 0. The van der Waals surface area contributed by atoms with Gasteiger partial charge in [-0.25, -0.2) is 0 Å². The van der Waals surface area contributed by atoms with Gasteiger partial charge in [-0.15, -0.1) is 0 Å². The van der Waals surface area contributed by atoms with Gasteiger partial charge in [0.1, 0.15) is 0 Å². The average molecular weight is 722 g/mol. The molecule has 1 nitrogen and oxygen atoms in total. The molecule has 57 heavy (non-hydrogen) atoms. The number of nitrogens with zero attached hydrogens (tertiary/aromatic N) is 1. The van der Waals surface area contributed by atoms with Crippen LogP contribution in [0.1, 0.15) is 0 Å². The van der Waals surface area contributed by atoms with Crippen LogP contribution < -0.4 is 4.90 Å². The van der Waals surface area contributed by atoms with Gasteiger partial charge >= 0.3 is 0 Å². The lowest BCUT2D eigenvalue weighted by Gasteiger charge is -2.30. The van der Waals surface area contributed by atoms with Crippen LogP contribution in [0.15, 0.2) is 212 Å². The first-order chi connectivity index (χ1) is 28.3. The first-order valence-electron chi connectivity index (χ1n) is 19.8. The molecule has 0 aliphatic carbocycles. The van der Waals surface area contributed by atoms with E-state index in [4.69, 9.17) is 0 Å². The van der Waals surface area contributed by atoms with Crippen molar-refractivity contribution in [1.82, 2.24) is 0 Å². The molecule has 12 aromatic rings. The highest BCUT2D eigenvalue weighted by atomic mass is 15.1. The van der Waals surface area contributed by atoms with Gasteiger partial charge in [0.25, 0.3) is 0 Å². The number of anilines is 3. The second-order valence-electron chi connectivity index (χ2n) is 15.2. The van der Waals surface area contributed by atoms with Crippen LogP contribution in [0.5, 0.6) is 0 Å². The topological polar surface area (TPSA) is 3.24 Å². The molecule has 0 spiro atoms. The number of benzene rings is 11. The Morgan fingerprint density at radius 1 is 0.246 bits per heavy atom. The van der Waals surface area contributed by atoms with Gasteiger partial charge in [0.05, 0.1) is 11.4 Å². The quantitative estimate of drug-likeness (QED) is 0.160. The summed E-state index contributed by atoms with van der Waals surface area (Å²) in [5.74, 6) is 0. The Morgan fingerprint density at radius 3 is 1.47 bits per heavy atom. The Bertz CT molecular complexity index is 3510. The molecule has 0 aliphatic heterocycles. The van der Waals surface area contributed by atoms with E-state index < -0.39 is 0 Å². The zero-order chi connectivity index (χ0) is 37.5. The molecule has 0 saturated heterocycles. The lowest BCUT2D eigenvalue weighted by Crippen LogP contribution is -2.12. The predicted octanol–water partition coefficient (Wildman–Crippen LogP) is 16.0. The van der Waals surface area contributed by atoms with Crippen LogP contribution in [-0.2, 0) is 0 Å². The van der Waals surface area contributed by atoms with E-state index in [-0.39, 0.29) is 0 Å². The minimum absolute atomic E-state index is 1.11. The fourth-order valence-electron chi connectivity index (χ4n) is 9.58. The highest BCUT2D eigenvalue weighted by Gasteiger charge is 2.23. The van der Waals surface area contributed by atoms with Crippen molar-refractivity contribution in [3.05, 3.63) is 212 Å². The SMILES string of the molecule is c1ccc(-c2ccccc2N(c2ccc(-c3ccc4ccccc4c3)cc2)c2cc3cccc4c5cccc6ccc7cccc(c8cccc2c8c34)c7c65)cc1. The van der Waals surface area contributed by atoms with Gasteiger partial charge in [-0.2, -0.15) is 0 Å². The number of para-hydroxylation sites is 1. The van der Waals surface area contributed by atoms with Crippen LogP contribution >= 0.6 is 0 Å². The van der Waals surface area contributed by atoms with E-state index in [9.17, 15) is 0 Å². The van der Waals surface area contributed by atoms with Crippen molar-refractivity contribution in [3.63, 3.8) is 0 Å². The molecule has 12 rings (SSSR count). The first-order valence-corrected chi connectivity index (χ1v) is 19.8. The summed E-state index contributed by atoms with van der Waals surface area (Å²) in [5.41, 5.74) is 8.16. The third-order valence-electron chi connectivity index (χ3n) is 12.1. The number of fused-ring (bicyclic) bond motifs is 3. The molecule has 0 amide bonds. The van der Waals surface area contributed by atoms with Crippen LogP contribution in [0.2, 0.25) is 0 Å². The van der Waals surface area contributed by atoms with E-state index in [0.717, 1.165) is 17.1 Å². The van der Waals surface area contributed by atoms with E-state index in [0.29, 0.717) is 0 Å². The maximum atomic E-state index is 2.49. The van der Waals surface area contributed by atoms with Gasteiger partial charge in [0, 0.05) is 22.0 Å². The van der Waals surface area contributed by atoms with Crippen molar-refractivity contribution in [2.24, 2.45) is 0 Å². The second-order valence-corrected chi connectivity index (χ2v) is 15.2. The molecule has 0 unspecified atom stereocenters. The molecule has 264 valence electrons. The van der Waals surface area contributed by atoms with E-state index in [2.05, 4.69) is 217 Å². The van der Waals surface area contributed by atoms with Crippen molar-refractivity contribution >= 4 is 92.5 Å². The summed E-state index contributed by atoms with van der Waals surface area (Å²) >= 11 is 0. The second kappa shape index (κ2) is 12.5. The summed E-state index contributed by atoms with van der Waals surface area (Å²) in [5, 5.41) is 17.8. The molecule has 0 N–H and O–H groups in total. The average Bonchev–Trinajstić information content (AvgIpc) is 3.28. The molecule has 0 radical (unpaired) electrons. The molecule has 1 heteroatoms. The van der Waals surface area contributed by atoms with Gasteiger partial charge in [-0.3, -0.25) is 0 Å². The van der Waals surface area contributed by atoms with Crippen molar-refractivity contribution < 1.29 is 0 Å². The van der Waals surface area contributed by atoms with Gasteiger partial charge in [-0.1, -0.05) is 182 Å². The predicted molar refractivity (Wildman–Crippen MR) is 246 cm³/mol. The zero-order valence-electron chi connectivity index (χ0n) is 31.2. The van der Waals surface area contributed by atoms with Crippen molar-refractivity contribution in [1.29, 1.82) is 0 Å². The van der Waals surface area contributed by atoms with Gasteiger partial charge in [0.15, 0.2) is 0 Å². The summed E-state index contributed by atoms with van der Waals surface area (Å²) in [6.07, 6.45) is 0. The minimum Gasteiger partial charge on any atom is -0.309 e. The Labute approximate surface area is 330 Å². The summed E-state index contributed by atoms with van der Waals surface area (Å²) in [4.78, 5) is 2.49. The van der Waals surface area contributed by atoms with Crippen molar-refractivity contribution in [2.45, 2.75) is 0 Å². The molecule has 0 saturated carbocycles. The molecule has 0 aromatic heterocycles. The Kier molecular flexibility index (Phi) is 7.00. The fourth-order valence-corrected chi connectivity index (χ4v) is 9.58. The smallest absolute Gasteiger partial charge is 0.0546 e. The summed E-state index contributed by atoms with van der Waals surface area (Å²) < 4.78 is 0. The van der Waals surface area contributed by atoms with Crippen molar-refractivity contribution in [2.75, 3.05) is 4.90 Å². The van der Waals surface area contributed by atoms with E-state index in [1.807, 2.05) is 0 Å². The van der Waals surface area contributed by atoms with Gasteiger partial charge in [-0.05, 0) is 112 Å². The highest BCUT2D eigenvalue weighted by Crippen LogP contribution is 2.49. The Hall–Kier alpha value is -7.48. The Balaban J connectivity index is 1.19. The zero-order valence-corrected chi connectivity index (χ0v) is 31.2. The van der Waals surface area contributed by atoms with Gasteiger partial charge in [0.2, 0.25) is 0 Å². The molecule has 0 heterocycles. The third kappa shape index (κ3) is 4.89. The van der Waals surface area contributed by atoms with E-state index in [1.54, 1.807) is 0 Å². The first kappa shape index (κ1) is 31.8. The highest BCUT2D eigenvalue weighted by molar-refractivity contribution is 6.38. The maximum Gasteiger partial charge on any atom is 0.0546 e. The Morgan fingerprint density at radius 2 is 0.754 bits per heavy atom. The summed E-state index contributed by atoms with van der Waals surface area (Å²) in [6.45, 7) is 0. The summed E-state index contributed by atoms with van der Waals surface area (Å²) in [7, 11) is 0. The van der Waals surface area contributed by atoms with Crippen molar-refractivity contribution in [3.8, 4) is 22.3 Å². The minimum atomic E-state index is 1.11. The summed E-state index contributed by atoms with van der Waals surface area (Å²) in [6, 6.07) is 78.5. The van der Waals surface area contributed by atoms with Crippen LogP contribution in [0.3, 0.4) is 0 Å². The van der Waals surface area contributed by atoms with E-state index >= 15 is 0 Å². The molecule has 0 aliphatic rings. The number of hydrogen-bond acceptors (Lipinski definition) is 1. The van der Waals surface area contributed by atoms with Gasteiger partial charge < -0.3 is 4.90 Å². The lowest BCUT2D eigenvalue weighted by molar-refractivity contribution is 1.30. The van der Waals surface area contributed by atoms with Crippen LogP contribution in [0.25, 0.3) is 97.7 Å². The fraction of sp³-hybridized carbons (Fsp3) is 0. The molecule has 0 fully saturated rings.